The molecule has 0 unspecified atom stereocenters. The number of carbonyl (C=O) groups excluding carboxylic acids is 1. The van der Waals surface area contributed by atoms with Crippen molar-refractivity contribution in [3.05, 3.63) is 53.3 Å². The first-order valence-electron chi connectivity index (χ1n) is 8.82. The van der Waals surface area contributed by atoms with E-state index in [4.69, 9.17) is 4.74 Å². The van der Waals surface area contributed by atoms with E-state index >= 15 is 4.39 Å². The maximum Gasteiger partial charge on any atom is 0.326 e. The summed E-state index contributed by atoms with van der Waals surface area (Å²) in [4.78, 5) is 16.0. The number of nitrogens with one attached hydrogen (secondary N) is 1. The van der Waals surface area contributed by atoms with Crippen LogP contribution in [0.2, 0.25) is 0 Å². The molecule has 1 amide bonds. The molecule has 5 rings (SSSR count). The zero-order valence-electron chi connectivity index (χ0n) is 14.7. The van der Waals surface area contributed by atoms with E-state index in [1.807, 2.05) is 35.1 Å². The van der Waals surface area contributed by atoms with Gasteiger partial charge in [-0.15, -0.1) is 0 Å². The summed E-state index contributed by atoms with van der Waals surface area (Å²) in [5.41, 5.74) is 0.953. The number of anilines is 1. The van der Waals surface area contributed by atoms with Crippen LogP contribution in [0.3, 0.4) is 0 Å². The molecule has 2 heterocycles. The molecule has 0 bridgehead atoms. The predicted molar refractivity (Wildman–Crippen MR) is 101 cm³/mol. The second-order valence-corrected chi connectivity index (χ2v) is 8.75. The van der Waals surface area contributed by atoms with Crippen LogP contribution in [0.15, 0.2) is 41.4 Å². The zero-order valence-corrected chi connectivity index (χ0v) is 15.5. The van der Waals surface area contributed by atoms with Gasteiger partial charge in [0.05, 0.1) is 5.69 Å². The average molecular weight is 401 g/mol. The van der Waals surface area contributed by atoms with Crippen molar-refractivity contribution < 1.29 is 22.3 Å². The van der Waals surface area contributed by atoms with Crippen molar-refractivity contribution in [3.8, 4) is 5.75 Å². The Balaban J connectivity index is 1.62. The summed E-state index contributed by atoms with van der Waals surface area (Å²) in [7, 11) is -4.18. The molecule has 2 aromatic carbocycles. The van der Waals surface area contributed by atoms with Gasteiger partial charge in [0, 0.05) is 23.3 Å². The van der Waals surface area contributed by atoms with E-state index in [0.29, 0.717) is 11.3 Å². The molecule has 1 N–H and O–H groups in total. The molecule has 2 aliphatic heterocycles. The molecule has 1 saturated heterocycles. The Morgan fingerprint density at radius 1 is 1.25 bits per heavy atom. The van der Waals surface area contributed by atoms with Gasteiger partial charge in [0.1, 0.15) is 24.6 Å². The van der Waals surface area contributed by atoms with Gasteiger partial charge in [-0.3, -0.25) is 9.79 Å². The van der Waals surface area contributed by atoms with Crippen molar-refractivity contribution in [3.63, 3.8) is 0 Å². The van der Waals surface area contributed by atoms with Crippen LogP contribution in [0.5, 0.6) is 5.75 Å². The van der Waals surface area contributed by atoms with Crippen molar-refractivity contribution in [2.75, 3.05) is 10.8 Å². The molecule has 28 heavy (non-hydrogen) atoms. The highest BCUT2D eigenvalue weighted by Gasteiger charge is 2.51. The van der Waals surface area contributed by atoms with E-state index < -0.39 is 33.9 Å². The van der Waals surface area contributed by atoms with Gasteiger partial charge in [0.15, 0.2) is 5.82 Å². The molecule has 0 atom stereocenters. The fourth-order valence-corrected chi connectivity index (χ4v) is 4.83. The van der Waals surface area contributed by atoms with Crippen LogP contribution < -0.4 is 13.8 Å². The molecule has 3 aliphatic rings. The van der Waals surface area contributed by atoms with Gasteiger partial charge in [0.25, 0.3) is 5.91 Å². The number of hydrogen-bond acceptors (Lipinski definition) is 5. The van der Waals surface area contributed by atoms with Crippen LogP contribution in [-0.2, 0) is 27.0 Å². The van der Waals surface area contributed by atoms with Gasteiger partial charge in [-0.2, -0.15) is 8.42 Å². The van der Waals surface area contributed by atoms with E-state index in [-0.39, 0.29) is 18.0 Å². The minimum absolute atomic E-state index is 0.0371. The second kappa shape index (κ2) is 5.78. The minimum atomic E-state index is -4.18. The second-order valence-electron chi connectivity index (χ2n) is 7.16. The monoisotopic (exact) mass is 401 g/mol. The van der Waals surface area contributed by atoms with Crippen LogP contribution in [0.4, 0.5) is 15.8 Å². The third-order valence-corrected chi connectivity index (χ3v) is 6.61. The van der Waals surface area contributed by atoms with Gasteiger partial charge in [-0.05, 0) is 18.4 Å². The minimum Gasteiger partial charge on any atom is -0.486 e. The molecule has 1 spiro atoms. The number of nitrogens with zero attached hydrogens (tertiary/aromatic N) is 2. The Bertz CT molecular complexity index is 1130. The van der Waals surface area contributed by atoms with Crippen molar-refractivity contribution >= 4 is 33.7 Å². The van der Waals surface area contributed by atoms with E-state index in [1.165, 1.54) is 0 Å². The topological polar surface area (TPSA) is 88.1 Å². The molecule has 0 aromatic heterocycles. The Hall–Kier alpha value is -2.94. The molecule has 0 radical (unpaired) electrons. The number of aliphatic imine (C=N–C) groups is 1. The normalized spacial score (nSPS) is 20.3. The largest absolute Gasteiger partial charge is 0.486 e. The van der Waals surface area contributed by atoms with Crippen molar-refractivity contribution in [1.82, 2.24) is 4.72 Å². The van der Waals surface area contributed by atoms with Crippen molar-refractivity contribution in [2.24, 2.45) is 4.99 Å². The first kappa shape index (κ1) is 17.2. The lowest BCUT2D eigenvalue weighted by Gasteiger charge is -2.22. The van der Waals surface area contributed by atoms with Crippen LogP contribution in [-0.4, -0.2) is 27.1 Å². The lowest BCUT2D eigenvalue weighted by Crippen LogP contribution is -2.31. The van der Waals surface area contributed by atoms with Gasteiger partial charge < -0.3 is 4.74 Å². The molecule has 2 fully saturated rings. The quantitative estimate of drug-likeness (QED) is 0.852. The van der Waals surface area contributed by atoms with Crippen LogP contribution in [0, 0.1) is 5.82 Å². The van der Waals surface area contributed by atoms with Gasteiger partial charge in [0.2, 0.25) is 0 Å². The fraction of sp³-hybridized carbons (Fsp3) is 0.263. The Morgan fingerprint density at radius 2 is 2.00 bits per heavy atom. The SMILES string of the molecule is O=C1CN(c2c(OCc3ccccc3)cc3c(c2F)C2(C=N3)CC2)S(=O)(=O)N1. The smallest absolute Gasteiger partial charge is 0.326 e. The van der Waals surface area contributed by atoms with Crippen LogP contribution >= 0.6 is 0 Å². The number of benzene rings is 2. The van der Waals surface area contributed by atoms with Gasteiger partial charge >= 0.3 is 10.2 Å². The number of rotatable bonds is 4. The molecule has 9 heteroatoms. The standard InChI is InChI=1S/C19H16FN3O4S/c20-17-16-13(21-11-19(16)6-7-19)8-14(27-10-12-4-2-1-3-5-12)18(17)23-9-15(24)22-28(23,25)26/h1-5,8,11H,6-7,9-10H2,(H,22,24). The van der Waals surface area contributed by atoms with E-state index in [9.17, 15) is 13.2 Å². The number of ether oxygens (including phenoxy) is 1. The summed E-state index contributed by atoms with van der Waals surface area (Å²) in [6.07, 6.45) is 3.23. The molecular formula is C19H16FN3O4S. The molecule has 144 valence electrons. The number of amides is 1. The summed E-state index contributed by atoms with van der Waals surface area (Å²) in [5, 5.41) is 0. The third-order valence-electron chi connectivity index (χ3n) is 5.23. The maximum absolute atomic E-state index is 15.6. The van der Waals surface area contributed by atoms with E-state index in [2.05, 4.69) is 4.99 Å². The first-order chi connectivity index (χ1) is 13.4. The van der Waals surface area contributed by atoms with Crippen molar-refractivity contribution in [1.29, 1.82) is 0 Å². The highest BCUT2D eigenvalue weighted by atomic mass is 32.2. The third kappa shape index (κ3) is 2.57. The number of halogens is 1. The lowest BCUT2D eigenvalue weighted by atomic mass is 9.96. The van der Waals surface area contributed by atoms with Gasteiger partial charge in [-0.25, -0.2) is 13.4 Å². The summed E-state index contributed by atoms with van der Waals surface area (Å²) < 4.78 is 48.8. The summed E-state index contributed by atoms with van der Waals surface area (Å²) in [6, 6.07) is 10.8. The predicted octanol–water partition coefficient (Wildman–Crippen LogP) is 2.33. The molecule has 7 nitrogen and oxygen atoms in total. The Morgan fingerprint density at radius 3 is 2.64 bits per heavy atom. The zero-order chi connectivity index (χ0) is 19.5. The molecular weight excluding hydrogens is 385 g/mol. The maximum atomic E-state index is 15.6. The van der Waals surface area contributed by atoms with E-state index in [1.54, 1.807) is 12.3 Å². The first-order valence-corrected chi connectivity index (χ1v) is 10.3. The van der Waals surface area contributed by atoms with Gasteiger partial charge in [-0.1, -0.05) is 30.3 Å². The molecule has 2 aromatic rings. The molecule has 1 aliphatic carbocycles. The van der Waals surface area contributed by atoms with Crippen LogP contribution in [0.1, 0.15) is 24.0 Å². The highest BCUT2D eigenvalue weighted by Crippen LogP contribution is 2.57. The number of carbonyl (C=O) groups is 1. The van der Waals surface area contributed by atoms with Crippen molar-refractivity contribution in [2.45, 2.75) is 24.9 Å². The summed E-state index contributed by atoms with van der Waals surface area (Å²) >= 11 is 0. The van der Waals surface area contributed by atoms with E-state index in [0.717, 1.165) is 22.7 Å². The molecule has 1 saturated carbocycles. The highest BCUT2D eigenvalue weighted by molar-refractivity contribution is 7.92. The Labute approximate surface area is 161 Å². The average Bonchev–Trinajstić information content (AvgIpc) is 3.26. The Kier molecular flexibility index (Phi) is 3.54. The summed E-state index contributed by atoms with van der Waals surface area (Å²) in [6.45, 7) is -0.371. The summed E-state index contributed by atoms with van der Waals surface area (Å²) in [5.74, 6) is -1.38. The number of hydrogen-bond donors (Lipinski definition) is 1. The lowest BCUT2D eigenvalue weighted by molar-refractivity contribution is -0.117. The number of fused-ring (bicyclic) bond motifs is 2. The fourth-order valence-electron chi connectivity index (χ4n) is 3.67. The van der Waals surface area contributed by atoms with Crippen LogP contribution in [0.25, 0.3) is 0 Å².